The van der Waals surface area contributed by atoms with Crippen LogP contribution >= 0.6 is 23.2 Å². The van der Waals surface area contributed by atoms with Gasteiger partial charge in [0, 0.05) is 22.4 Å². The van der Waals surface area contributed by atoms with Crippen LogP contribution < -0.4 is 0 Å². The zero-order valence-corrected chi connectivity index (χ0v) is 11.7. The van der Waals surface area contributed by atoms with Gasteiger partial charge >= 0.3 is 0 Å². The van der Waals surface area contributed by atoms with Crippen molar-refractivity contribution in [2.75, 3.05) is 0 Å². The number of Topliss-reactive ketones (excluding diaryl/α,β-unsaturated/α-hetero) is 1. The lowest BCUT2D eigenvalue weighted by molar-refractivity contribution is -0.120. The van der Waals surface area contributed by atoms with Gasteiger partial charge in [-0.15, -0.1) is 0 Å². The number of fused-ring (bicyclic) bond motifs is 1. The highest BCUT2D eigenvalue weighted by Gasteiger charge is 2.31. The van der Waals surface area contributed by atoms with Crippen LogP contribution in [-0.4, -0.2) is 5.78 Å². The number of hydrogen-bond acceptors (Lipinski definition) is 1. The summed E-state index contributed by atoms with van der Waals surface area (Å²) in [4.78, 5) is 12.3. The summed E-state index contributed by atoms with van der Waals surface area (Å²) in [5.41, 5.74) is 3.29. The smallest absolute Gasteiger partial charge is 0.145 e. The number of rotatable bonds is 3. The molecule has 0 heterocycles. The van der Waals surface area contributed by atoms with Crippen LogP contribution in [0.25, 0.3) is 0 Å². The van der Waals surface area contributed by atoms with E-state index >= 15 is 0 Å². The van der Waals surface area contributed by atoms with Crippen molar-refractivity contribution in [2.45, 2.75) is 18.8 Å². The monoisotopic (exact) mass is 290 g/mol. The minimum Gasteiger partial charge on any atom is -0.299 e. The van der Waals surface area contributed by atoms with Crippen molar-refractivity contribution >= 4 is 29.0 Å². The Morgan fingerprint density at radius 3 is 2.68 bits per heavy atom. The van der Waals surface area contributed by atoms with Crippen molar-refractivity contribution in [3.63, 3.8) is 0 Å². The van der Waals surface area contributed by atoms with Crippen molar-refractivity contribution in [2.24, 2.45) is 0 Å². The van der Waals surface area contributed by atoms with Crippen molar-refractivity contribution < 1.29 is 4.79 Å². The molecule has 0 saturated heterocycles. The standard InChI is InChI=1S/C16H12Cl2O/c17-12-6-5-11(15(18)9-12)8-16(19)14-7-10-3-1-2-4-13(10)14/h1-6,9,14H,7-8H2. The van der Waals surface area contributed by atoms with Crippen LogP contribution in [0.5, 0.6) is 0 Å². The number of carbonyl (C=O) groups is 1. The van der Waals surface area contributed by atoms with Crippen LogP contribution in [0.2, 0.25) is 10.0 Å². The molecule has 0 spiro atoms. The summed E-state index contributed by atoms with van der Waals surface area (Å²) in [6, 6.07) is 13.4. The number of halogens is 2. The molecule has 0 radical (unpaired) electrons. The molecule has 0 aromatic heterocycles. The van der Waals surface area contributed by atoms with E-state index < -0.39 is 0 Å². The normalized spacial score (nSPS) is 16.6. The van der Waals surface area contributed by atoms with E-state index in [1.165, 1.54) is 5.56 Å². The SMILES string of the molecule is O=C(Cc1ccc(Cl)cc1Cl)C1Cc2ccccc21. The number of hydrogen-bond donors (Lipinski definition) is 0. The van der Waals surface area contributed by atoms with Gasteiger partial charge in [-0.05, 0) is 35.2 Å². The Balaban J connectivity index is 1.77. The molecule has 3 rings (SSSR count). The molecule has 1 nitrogen and oxygen atoms in total. The van der Waals surface area contributed by atoms with Crippen LogP contribution in [0.3, 0.4) is 0 Å². The largest absolute Gasteiger partial charge is 0.299 e. The van der Waals surface area contributed by atoms with Gasteiger partial charge in [-0.1, -0.05) is 53.5 Å². The molecule has 19 heavy (non-hydrogen) atoms. The van der Waals surface area contributed by atoms with Crippen molar-refractivity contribution in [3.05, 3.63) is 69.2 Å². The predicted molar refractivity (Wildman–Crippen MR) is 78.1 cm³/mol. The zero-order valence-electron chi connectivity index (χ0n) is 10.2. The molecule has 0 fully saturated rings. The average molecular weight is 291 g/mol. The maximum atomic E-state index is 12.3. The van der Waals surface area contributed by atoms with E-state index in [9.17, 15) is 4.79 Å². The Hall–Kier alpha value is -1.31. The molecular weight excluding hydrogens is 279 g/mol. The predicted octanol–water partition coefficient (Wildman–Crippen LogP) is 4.44. The zero-order chi connectivity index (χ0) is 13.4. The Labute approximate surface area is 122 Å². The molecule has 96 valence electrons. The topological polar surface area (TPSA) is 17.1 Å². The molecule has 0 amide bonds. The molecule has 1 aliphatic carbocycles. The first kappa shape index (κ1) is 12.7. The summed E-state index contributed by atoms with van der Waals surface area (Å²) in [6.07, 6.45) is 1.22. The third-order valence-corrected chi connectivity index (χ3v) is 4.21. The summed E-state index contributed by atoms with van der Waals surface area (Å²) in [7, 11) is 0. The molecule has 0 bridgehead atoms. The number of ketones is 1. The van der Waals surface area contributed by atoms with E-state index in [-0.39, 0.29) is 11.7 Å². The maximum absolute atomic E-state index is 12.3. The summed E-state index contributed by atoms with van der Waals surface area (Å²) < 4.78 is 0. The third-order valence-electron chi connectivity index (χ3n) is 3.62. The van der Waals surface area contributed by atoms with Crippen LogP contribution in [0.4, 0.5) is 0 Å². The fourth-order valence-electron chi connectivity index (χ4n) is 2.52. The summed E-state index contributed by atoms with van der Waals surface area (Å²) in [6.45, 7) is 0. The molecule has 1 atom stereocenters. The lowest BCUT2D eigenvalue weighted by atomic mass is 9.74. The van der Waals surface area contributed by atoms with Crippen LogP contribution in [0.1, 0.15) is 22.6 Å². The molecule has 0 saturated carbocycles. The van der Waals surface area contributed by atoms with E-state index in [1.807, 2.05) is 24.3 Å². The molecule has 1 aliphatic rings. The van der Waals surface area contributed by atoms with Gasteiger partial charge in [-0.25, -0.2) is 0 Å². The highest BCUT2D eigenvalue weighted by molar-refractivity contribution is 6.35. The highest BCUT2D eigenvalue weighted by atomic mass is 35.5. The second-order valence-corrected chi connectivity index (χ2v) is 5.68. The number of carbonyl (C=O) groups excluding carboxylic acids is 1. The Morgan fingerprint density at radius 1 is 1.16 bits per heavy atom. The van der Waals surface area contributed by atoms with Gasteiger partial charge in [0.05, 0.1) is 0 Å². The molecule has 3 heteroatoms. The Bertz CT molecular complexity index is 649. The lowest BCUT2D eigenvalue weighted by Gasteiger charge is -2.28. The fourth-order valence-corrected chi connectivity index (χ4v) is 3.00. The lowest BCUT2D eigenvalue weighted by Crippen LogP contribution is -2.26. The Morgan fingerprint density at radius 2 is 1.95 bits per heavy atom. The first-order valence-corrected chi connectivity index (χ1v) is 6.95. The maximum Gasteiger partial charge on any atom is 0.145 e. The highest BCUT2D eigenvalue weighted by Crippen LogP contribution is 2.36. The minimum absolute atomic E-state index is 0.0305. The van der Waals surface area contributed by atoms with Crippen LogP contribution in [0.15, 0.2) is 42.5 Å². The molecule has 2 aromatic rings. The summed E-state index contributed by atoms with van der Waals surface area (Å²) in [5.74, 6) is 0.255. The molecule has 0 N–H and O–H groups in total. The number of benzene rings is 2. The molecule has 2 aromatic carbocycles. The van der Waals surface area contributed by atoms with E-state index in [1.54, 1.807) is 12.1 Å². The third kappa shape index (κ3) is 2.41. The average Bonchev–Trinajstić information content (AvgIpc) is 2.34. The summed E-state index contributed by atoms with van der Waals surface area (Å²) >= 11 is 12.0. The minimum atomic E-state index is 0.0305. The van der Waals surface area contributed by atoms with E-state index in [0.29, 0.717) is 16.5 Å². The van der Waals surface area contributed by atoms with Gasteiger partial charge in [0.2, 0.25) is 0 Å². The fraction of sp³-hybridized carbons (Fsp3) is 0.188. The second kappa shape index (κ2) is 4.99. The quantitative estimate of drug-likeness (QED) is 0.816. The summed E-state index contributed by atoms with van der Waals surface area (Å²) in [5, 5.41) is 1.16. The van der Waals surface area contributed by atoms with E-state index in [2.05, 4.69) is 6.07 Å². The molecular formula is C16H12Cl2O. The van der Waals surface area contributed by atoms with Gasteiger partial charge in [0.1, 0.15) is 5.78 Å². The van der Waals surface area contributed by atoms with E-state index in [0.717, 1.165) is 17.5 Å². The van der Waals surface area contributed by atoms with Crippen molar-refractivity contribution in [1.29, 1.82) is 0 Å². The molecule has 0 aliphatic heterocycles. The van der Waals surface area contributed by atoms with Gasteiger partial charge in [-0.3, -0.25) is 4.79 Å². The van der Waals surface area contributed by atoms with Crippen molar-refractivity contribution in [3.8, 4) is 0 Å². The van der Waals surface area contributed by atoms with Gasteiger partial charge in [0.15, 0.2) is 0 Å². The first-order chi connectivity index (χ1) is 9.15. The van der Waals surface area contributed by atoms with Gasteiger partial charge < -0.3 is 0 Å². The van der Waals surface area contributed by atoms with Gasteiger partial charge in [-0.2, -0.15) is 0 Å². The Kier molecular flexibility index (Phi) is 3.34. The molecule has 1 unspecified atom stereocenters. The van der Waals surface area contributed by atoms with Crippen LogP contribution in [-0.2, 0) is 17.6 Å². The second-order valence-electron chi connectivity index (χ2n) is 4.83. The first-order valence-electron chi connectivity index (χ1n) is 6.19. The van der Waals surface area contributed by atoms with Crippen LogP contribution in [0, 0.1) is 0 Å². The van der Waals surface area contributed by atoms with Crippen molar-refractivity contribution in [1.82, 2.24) is 0 Å². The van der Waals surface area contributed by atoms with E-state index in [4.69, 9.17) is 23.2 Å². The van der Waals surface area contributed by atoms with Gasteiger partial charge in [0.25, 0.3) is 0 Å².